The Morgan fingerprint density at radius 2 is 1.44 bits per heavy atom. The summed E-state index contributed by atoms with van der Waals surface area (Å²) in [6.07, 6.45) is 9.57. The summed E-state index contributed by atoms with van der Waals surface area (Å²) in [7, 11) is 4.22. The SMILES string of the molecule is CCCCCCc1ccc(-c2cc(C)c(-n3cc(CCN(C)C)nc3-c3ccccc3)c(C)c2)cc1. The van der Waals surface area contributed by atoms with Gasteiger partial charge in [0.2, 0.25) is 0 Å². The average molecular weight is 480 g/mol. The lowest BCUT2D eigenvalue weighted by molar-refractivity contribution is 0.412. The molecule has 4 aromatic rings. The summed E-state index contributed by atoms with van der Waals surface area (Å²) in [5, 5.41) is 0. The number of benzene rings is 3. The maximum Gasteiger partial charge on any atom is 0.144 e. The van der Waals surface area contributed by atoms with Crippen LogP contribution in [0.1, 0.15) is 55.0 Å². The Morgan fingerprint density at radius 1 is 0.750 bits per heavy atom. The molecule has 4 rings (SSSR count). The largest absolute Gasteiger partial charge is 0.309 e. The summed E-state index contributed by atoms with van der Waals surface area (Å²) in [5.41, 5.74) is 10.0. The van der Waals surface area contributed by atoms with Gasteiger partial charge < -0.3 is 4.90 Å². The molecule has 0 unspecified atom stereocenters. The minimum absolute atomic E-state index is 0.931. The Hall–Kier alpha value is -3.17. The molecule has 0 aliphatic carbocycles. The Morgan fingerprint density at radius 3 is 2.08 bits per heavy atom. The molecule has 0 bridgehead atoms. The van der Waals surface area contributed by atoms with Crippen molar-refractivity contribution >= 4 is 0 Å². The highest BCUT2D eigenvalue weighted by Gasteiger charge is 2.16. The fraction of sp³-hybridized carbons (Fsp3) is 0.364. The van der Waals surface area contributed by atoms with Crippen LogP contribution in [-0.2, 0) is 12.8 Å². The summed E-state index contributed by atoms with van der Waals surface area (Å²) in [6.45, 7) is 7.70. The van der Waals surface area contributed by atoms with Crippen LogP contribution in [0, 0.1) is 13.8 Å². The van der Waals surface area contributed by atoms with E-state index >= 15 is 0 Å². The van der Waals surface area contributed by atoms with Gasteiger partial charge in [0.25, 0.3) is 0 Å². The number of hydrogen-bond acceptors (Lipinski definition) is 2. The molecule has 0 radical (unpaired) electrons. The Kier molecular flexibility index (Phi) is 8.77. The summed E-state index contributed by atoms with van der Waals surface area (Å²) < 4.78 is 2.30. The van der Waals surface area contributed by atoms with Crippen molar-refractivity contribution in [2.45, 2.75) is 59.3 Å². The third-order valence-electron chi connectivity index (χ3n) is 6.94. The van der Waals surface area contributed by atoms with E-state index in [1.54, 1.807) is 0 Å². The van der Waals surface area contributed by atoms with Gasteiger partial charge >= 0.3 is 0 Å². The first-order valence-corrected chi connectivity index (χ1v) is 13.5. The van der Waals surface area contributed by atoms with E-state index in [9.17, 15) is 0 Å². The maximum absolute atomic E-state index is 5.07. The van der Waals surface area contributed by atoms with E-state index in [1.807, 2.05) is 0 Å². The van der Waals surface area contributed by atoms with Gasteiger partial charge in [0.05, 0.1) is 11.4 Å². The monoisotopic (exact) mass is 479 g/mol. The van der Waals surface area contributed by atoms with Crippen LogP contribution in [0.3, 0.4) is 0 Å². The van der Waals surface area contributed by atoms with Crippen LogP contribution < -0.4 is 0 Å². The molecule has 0 saturated heterocycles. The molecule has 36 heavy (non-hydrogen) atoms. The van der Waals surface area contributed by atoms with E-state index in [1.165, 1.54) is 65.6 Å². The van der Waals surface area contributed by atoms with Gasteiger partial charge in [-0.2, -0.15) is 0 Å². The highest BCUT2D eigenvalue weighted by Crippen LogP contribution is 2.31. The minimum atomic E-state index is 0.931. The number of rotatable bonds is 11. The van der Waals surface area contributed by atoms with Crippen LogP contribution in [-0.4, -0.2) is 35.1 Å². The molecule has 3 nitrogen and oxygen atoms in total. The van der Waals surface area contributed by atoms with E-state index in [4.69, 9.17) is 4.98 Å². The topological polar surface area (TPSA) is 21.1 Å². The fourth-order valence-electron chi connectivity index (χ4n) is 4.97. The van der Waals surface area contributed by atoms with Crippen molar-refractivity contribution in [3.8, 4) is 28.2 Å². The van der Waals surface area contributed by atoms with E-state index in [2.05, 4.69) is 117 Å². The number of likely N-dealkylation sites (N-methyl/N-ethyl adjacent to an activating group) is 1. The van der Waals surface area contributed by atoms with E-state index < -0.39 is 0 Å². The molecule has 188 valence electrons. The standard InChI is InChI=1S/C33H41N3/c1-6-7-8-10-13-27-16-18-28(19-17-27)30-22-25(2)32(26(3)23-30)36-24-31(20-21-35(4)5)34-33(36)29-14-11-9-12-15-29/h9,11-12,14-19,22-24H,6-8,10,13,20-21H2,1-5H3. The van der Waals surface area contributed by atoms with Crippen LogP contribution >= 0.6 is 0 Å². The van der Waals surface area contributed by atoms with Crippen LogP contribution in [0.2, 0.25) is 0 Å². The second kappa shape index (κ2) is 12.2. The van der Waals surface area contributed by atoms with Gasteiger partial charge in [0.1, 0.15) is 5.82 Å². The fourth-order valence-corrected chi connectivity index (χ4v) is 4.97. The number of unbranched alkanes of at least 4 members (excludes halogenated alkanes) is 3. The molecule has 0 amide bonds. The first-order chi connectivity index (χ1) is 17.5. The van der Waals surface area contributed by atoms with E-state index in [-0.39, 0.29) is 0 Å². The van der Waals surface area contributed by atoms with Gasteiger partial charge in [-0.15, -0.1) is 0 Å². The molecule has 0 aliphatic heterocycles. The maximum atomic E-state index is 5.07. The highest BCUT2D eigenvalue weighted by molar-refractivity contribution is 5.70. The lowest BCUT2D eigenvalue weighted by Gasteiger charge is -2.16. The molecule has 0 aliphatic rings. The zero-order valence-electron chi connectivity index (χ0n) is 22.7. The second-order valence-corrected chi connectivity index (χ2v) is 10.3. The molecule has 1 heterocycles. The second-order valence-electron chi connectivity index (χ2n) is 10.3. The Bertz CT molecular complexity index is 1230. The van der Waals surface area contributed by atoms with Gasteiger partial charge in [0.15, 0.2) is 0 Å². The zero-order valence-corrected chi connectivity index (χ0v) is 22.7. The molecule has 3 heteroatoms. The van der Waals surface area contributed by atoms with Crippen LogP contribution in [0.25, 0.3) is 28.2 Å². The number of nitrogens with zero attached hydrogens (tertiary/aromatic N) is 3. The molecule has 1 aromatic heterocycles. The lowest BCUT2D eigenvalue weighted by Crippen LogP contribution is -2.15. The van der Waals surface area contributed by atoms with E-state index in [0.717, 1.165) is 30.0 Å². The van der Waals surface area contributed by atoms with Gasteiger partial charge in [0, 0.05) is 24.7 Å². The molecule has 0 N–H and O–H groups in total. The van der Waals surface area contributed by atoms with Gasteiger partial charge in [-0.1, -0.05) is 80.8 Å². The minimum Gasteiger partial charge on any atom is -0.309 e. The van der Waals surface area contributed by atoms with E-state index in [0.29, 0.717) is 0 Å². The van der Waals surface area contributed by atoms with Crippen LogP contribution in [0.15, 0.2) is 72.9 Å². The summed E-state index contributed by atoms with van der Waals surface area (Å²) in [5.74, 6) is 1.01. The first-order valence-electron chi connectivity index (χ1n) is 13.5. The first kappa shape index (κ1) is 25.9. The Labute approximate surface area is 217 Å². The number of aromatic nitrogens is 2. The number of imidazole rings is 1. The van der Waals surface area contributed by atoms with Crippen LogP contribution in [0.5, 0.6) is 0 Å². The third-order valence-corrected chi connectivity index (χ3v) is 6.94. The Balaban J connectivity index is 1.65. The van der Waals surface area contributed by atoms with Gasteiger partial charge in [-0.3, -0.25) is 4.57 Å². The molecule has 0 saturated carbocycles. The van der Waals surface area contributed by atoms with Crippen molar-refractivity contribution in [2.24, 2.45) is 0 Å². The lowest BCUT2D eigenvalue weighted by atomic mass is 9.97. The third kappa shape index (κ3) is 6.33. The number of hydrogen-bond donors (Lipinski definition) is 0. The van der Waals surface area contributed by atoms with Crippen molar-refractivity contribution < 1.29 is 0 Å². The van der Waals surface area contributed by atoms with Crippen molar-refractivity contribution in [2.75, 3.05) is 20.6 Å². The summed E-state index contributed by atoms with van der Waals surface area (Å²) in [4.78, 5) is 7.28. The zero-order chi connectivity index (χ0) is 25.5. The van der Waals surface area contributed by atoms with Crippen molar-refractivity contribution in [1.82, 2.24) is 14.5 Å². The molecule has 0 atom stereocenters. The number of aryl methyl sites for hydroxylation is 3. The normalized spacial score (nSPS) is 11.4. The highest BCUT2D eigenvalue weighted by atomic mass is 15.1. The molecular weight excluding hydrogens is 438 g/mol. The smallest absolute Gasteiger partial charge is 0.144 e. The van der Waals surface area contributed by atoms with Gasteiger partial charge in [-0.25, -0.2) is 4.98 Å². The summed E-state index contributed by atoms with van der Waals surface area (Å²) in [6, 6.07) is 24.4. The predicted molar refractivity (Wildman–Crippen MR) is 154 cm³/mol. The summed E-state index contributed by atoms with van der Waals surface area (Å²) >= 11 is 0. The van der Waals surface area contributed by atoms with Crippen molar-refractivity contribution in [3.63, 3.8) is 0 Å². The average Bonchev–Trinajstić information content (AvgIpc) is 3.29. The molecular formula is C33H41N3. The molecule has 3 aromatic carbocycles. The molecule has 0 fully saturated rings. The van der Waals surface area contributed by atoms with Gasteiger partial charge in [-0.05, 0) is 80.7 Å². The van der Waals surface area contributed by atoms with Crippen molar-refractivity contribution in [3.05, 3.63) is 95.3 Å². The predicted octanol–water partition coefficient (Wildman–Crippen LogP) is 8.05. The van der Waals surface area contributed by atoms with Crippen LogP contribution in [0.4, 0.5) is 0 Å². The quantitative estimate of drug-likeness (QED) is 0.203. The van der Waals surface area contributed by atoms with Crippen molar-refractivity contribution in [1.29, 1.82) is 0 Å². The molecule has 0 spiro atoms.